The summed E-state index contributed by atoms with van der Waals surface area (Å²) in [6, 6.07) is 3.51. The van der Waals surface area contributed by atoms with Gasteiger partial charge in [-0.25, -0.2) is 0 Å². The van der Waals surface area contributed by atoms with Crippen LogP contribution in [0.4, 0.5) is 0 Å². The van der Waals surface area contributed by atoms with E-state index in [9.17, 15) is 15.0 Å². The number of halogens is 2. The molecule has 1 saturated carbocycles. The number of aliphatic hydroxyl groups is 1. The number of rotatable bonds is 4. The number of amides is 1. The summed E-state index contributed by atoms with van der Waals surface area (Å²) in [4.78, 5) is 12.2. The Morgan fingerprint density at radius 2 is 2.00 bits per heavy atom. The molecule has 2 rings (SSSR count). The number of hydrogen-bond donors (Lipinski definition) is 3. The third-order valence-electron chi connectivity index (χ3n) is 3.85. The fourth-order valence-corrected chi connectivity index (χ4v) is 4.53. The van der Waals surface area contributed by atoms with Gasteiger partial charge in [0.15, 0.2) is 0 Å². The van der Waals surface area contributed by atoms with Gasteiger partial charge in [-0.15, -0.1) is 0 Å². The van der Waals surface area contributed by atoms with Gasteiger partial charge in [0.1, 0.15) is 5.75 Å². The maximum atomic E-state index is 12.2. The molecule has 0 radical (unpaired) electrons. The lowest BCUT2D eigenvalue weighted by Crippen LogP contribution is -2.31. The Hall–Kier alpha value is -0.0900. The molecule has 3 N–H and O–H groups in total. The number of aromatic hydroxyl groups is 1. The van der Waals surface area contributed by atoms with Crippen molar-refractivity contribution in [2.75, 3.05) is 13.2 Å². The van der Waals surface area contributed by atoms with Crippen molar-refractivity contribution < 1.29 is 15.0 Å². The van der Waals surface area contributed by atoms with Crippen molar-refractivity contribution in [1.29, 1.82) is 0 Å². The summed E-state index contributed by atoms with van der Waals surface area (Å²) >= 11 is 4.14. The van der Waals surface area contributed by atoms with E-state index in [4.69, 9.17) is 0 Å². The van der Waals surface area contributed by atoms with Crippen LogP contribution in [-0.4, -0.2) is 29.3 Å². The van der Waals surface area contributed by atoms with Crippen LogP contribution in [0.25, 0.3) is 0 Å². The summed E-state index contributed by atoms with van der Waals surface area (Å²) in [5.41, 5.74) is 0.319. The maximum Gasteiger partial charge on any atom is 0.255 e. The van der Waals surface area contributed by atoms with Gasteiger partial charge in [0.25, 0.3) is 5.91 Å². The summed E-state index contributed by atoms with van der Waals surface area (Å²) in [7, 11) is 0. The first-order chi connectivity index (χ1) is 9.52. The minimum atomic E-state index is -0.248. The van der Waals surface area contributed by atoms with Crippen LogP contribution in [0, 0.1) is 19.0 Å². The van der Waals surface area contributed by atoms with Crippen LogP contribution in [0.1, 0.15) is 29.6 Å². The molecule has 1 aromatic rings. The van der Waals surface area contributed by atoms with Gasteiger partial charge in [0, 0.05) is 16.7 Å². The van der Waals surface area contributed by atoms with E-state index in [2.05, 4.69) is 27.9 Å². The van der Waals surface area contributed by atoms with Gasteiger partial charge in [-0.05, 0) is 82.0 Å². The standard InChI is InChI=1S/C14H17I2NO3/c15-10-4-11(13(19)12(16)5-10)14(20)17-6-8-2-1-3-9(8)7-18/h4-5,8-9,18-19H,1-3,6-7H2,(H,17,20). The molecular formula is C14H17I2NO3. The Balaban J connectivity index is 2.02. The van der Waals surface area contributed by atoms with E-state index in [1.807, 2.05) is 28.7 Å². The lowest BCUT2D eigenvalue weighted by atomic mass is 9.97. The number of hydrogen-bond acceptors (Lipinski definition) is 3. The average molecular weight is 501 g/mol. The van der Waals surface area contributed by atoms with Gasteiger partial charge in [-0.3, -0.25) is 4.79 Å². The molecule has 0 bridgehead atoms. The molecule has 1 fully saturated rings. The molecule has 4 nitrogen and oxygen atoms in total. The molecule has 1 aliphatic carbocycles. The molecule has 2 unspecified atom stereocenters. The molecule has 6 heteroatoms. The van der Waals surface area contributed by atoms with Crippen LogP contribution in [0.3, 0.4) is 0 Å². The van der Waals surface area contributed by atoms with E-state index in [0.29, 0.717) is 27.5 Å². The Labute approximate surface area is 145 Å². The predicted molar refractivity (Wildman–Crippen MR) is 93.8 cm³/mol. The van der Waals surface area contributed by atoms with Crippen molar-refractivity contribution in [3.63, 3.8) is 0 Å². The van der Waals surface area contributed by atoms with E-state index in [0.717, 1.165) is 22.8 Å². The second kappa shape index (κ2) is 7.26. The third-order valence-corrected chi connectivity index (χ3v) is 5.29. The summed E-state index contributed by atoms with van der Waals surface area (Å²) in [5, 5.41) is 22.1. The van der Waals surface area contributed by atoms with Crippen LogP contribution >= 0.6 is 45.2 Å². The van der Waals surface area contributed by atoms with E-state index >= 15 is 0 Å². The zero-order chi connectivity index (χ0) is 14.7. The van der Waals surface area contributed by atoms with Crippen molar-refractivity contribution in [1.82, 2.24) is 5.32 Å². The number of nitrogens with one attached hydrogen (secondary N) is 1. The maximum absolute atomic E-state index is 12.2. The normalized spacial score (nSPS) is 21.9. The SMILES string of the molecule is O=C(NCC1CCCC1CO)c1cc(I)cc(I)c1O. The monoisotopic (exact) mass is 501 g/mol. The fraction of sp³-hybridized carbons (Fsp3) is 0.500. The Morgan fingerprint density at radius 3 is 2.70 bits per heavy atom. The molecule has 20 heavy (non-hydrogen) atoms. The van der Waals surface area contributed by atoms with E-state index in [1.54, 1.807) is 6.07 Å². The molecule has 0 aromatic heterocycles. The van der Waals surface area contributed by atoms with Gasteiger partial charge < -0.3 is 15.5 Å². The molecule has 0 heterocycles. The topological polar surface area (TPSA) is 69.6 Å². The molecule has 1 aromatic carbocycles. The second-order valence-corrected chi connectivity index (χ2v) is 7.54. The minimum Gasteiger partial charge on any atom is -0.506 e. The molecule has 2 atom stereocenters. The van der Waals surface area contributed by atoms with Crippen LogP contribution < -0.4 is 5.32 Å². The Bertz CT molecular complexity index is 507. The van der Waals surface area contributed by atoms with Gasteiger partial charge in [0.05, 0.1) is 9.13 Å². The van der Waals surface area contributed by atoms with Crippen LogP contribution in [0.2, 0.25) is 0 Å². The van der Waals surface area contributed by atoms with Gasteiger partial charge in [-0.1, -0.05) is 6.42 Å². The van der Waals surface area contributed by atoms with E-state index in [-0.39, 0.29) is 18.3 Å². The fourth-order valence-electron chi connectivity index (χ4n) is 2.68. The lowest BCUT2D eigenvalue weighted by molar-refractivity contribution is 0.0935. The number of benzene rings is 1. The summed E-state index contributed by atoms with van der Waals surface area (Å²) in [6.07, 6.45) is 3.18. The molecule has 0 aliphatic heterocycles. The van der Waals surface area contributed by atoms with Crippen molar-refractivity contribution >= 4 is 51.1 Å². The summed E-state index contributed by atoms with van der Waals surface area (Å²) in [6.45, 7) is 0.748. The van der Waals surface area contributed by atoms with Crippen LogP contribution in [0.15, 0.2) is 12.1 Å². The minimum absolute atomic E-state index is 0.0358. The van der Waals surface area contributed by atoms with Crippen LogP contribution in [-0.2, 0) is 0 Å². The lowest BCUT2D eigenvalue weighted by Gasteiger charge is -2.18. The third kappa shape index (κ3) is 3.76. The van der Waals surface area contributed by atoms with Crippen LogP contribution in [0.5, 0.6) is 5.75 Å². The number of phenols is 1. The molecule has 0 saturated heterocycles. The highest BCUT2D eigenvalue weighted by atomic mass is 127. The van der Waals surface area contributed by atoms with Crippen molar-refractivity contribution in [3.8, 4) is 5.75 Å². The zero-order valence-corrected chi connectivity index (χ0v) is 15.2. The zero-order valence-electron chi connectivity index (χ0n) is 10.9. The molecule has 0 spiro atoms. The van der Waals surface area contributed by atoms with E-state index < -0.39 is 0 Å². The summed E-state index contributed by atoms with van der Waals surface area (Å²) < 4.78 is 1.60. The highest BCUT2D eigenvalue weighted by Crippen LogP contribution is 2.31. The number of carbonyl (C=O) groups excluding carboxylic acids is 1. The largest absolute Gasteiger partial charge is 0.506 e. The number of phenolic OH excluding ortho intramolecular Hbond substituents is 1. The highest BCUT2D eigenvalue weighted by molar-refractivity contribution is 14.1. The predicted octanol–water partition coefficient (Wildman–Crippen LogP) is 2.74. The first kappa shape index (κ1) is 16.3. The molecule has 1 aliphatic rings. The summed E-state index contributed by atoms with van der Waals surface area (Å²) in [5.74, 6) is 0.420. The smallest absolute Gasteiger partial charge is 0.255 e. The highest BCUT2D eigenvalue weighted by Gasteiger charge is 2.27. The number of carbonyl (C=O) groups is 1. The first-order valence-corrected chi connectivity index (χ1v) is 8.75. The van der Waals surface area contributed by atoms with Gasteiger partial charge in [-0.2, -0.15) is 0 Å². The van der Waals surface area contributed by atoms with Gasteiger partial charge >= 0.3 is 0 Å². The van der Waals surface area contributed by atoms with Crippen molar-refractivity contribution in [2.24, 2.45) is 11.8 Å². The molecule has 1 amide bonds. The average Bonchev–Trinajstić information content (AvgIpc) is 2.87. The molecular weight excluding hydrogens is 484 g/mol. The quantitative estimate of drug-likeness (QED) is 0.557. The second-order valence-electron chi connectivity index (χ2n) is 5.13. The van der Waals surface area contributed by atoms with Gasteiger partial charge in [0.2, 0.25) is 0 Å². The number of aliphatic hydroxyl groups excluding tert-OH is 1. The molecule has 110 valence electrons. The first-order valence-electron chi connectivity index (χ1n) is 6.60. The van der Waals surface area contributed by atoms with E-state index in [1.165, 1.54) is 0 Å². The Kier molecular flexibility index (Phi) is 5.91. The Morgan fingerprint density at radius 1 is 1.30 bits per heavy atom. The van der Waals surface area contributed by atoms with Crippen molar-refractivity contribution in [2.45, 2.75) is 19.3 Å². The van der Waals surface area contributed by atoms with Crippen molar-refractivity contribution in [3.05, 3.63) is 24.8 Å².